The first-order valence-electron chi connectivity index (χ1n) is 2.11. The molecule has 3 heteroatoms. The lowest BCUT2D eigenvalue weighted by Gasteiger charge is -1.93. The van der Waals surface area contributed by atoms with Crippen molar-refractivity contribution in [3.8, 4) is 0 Å². The third-order valence-corrected chi connectivity index (χ3v) is 0.482. The van der Waals surface area contributed by atoms with Crippen molar-refractivity contribution < 1.29 is 9.94 Å². The molecule has 0 aliphatic rings. The Hall–Kier alpha value is -0.730. The maximum Gasteiger partial charge on any atom is 0.227 e. The van der Waals surface area contributed by atoms with Crippen LogP contribution in [-0.4, -0.2) is 12.5 Å². The molecule has 0 aromatic heterocycles. The lowest BCUT2D eigenvalue weighted by atomic mass is 10.7. The standard InChI is InChI=1S/C4H8NO2/c1-3-7-4(2)5-6/h3H2,1-2H3. The molecular formula is C4H8NO2. The van der Waals surface area contributed by atoms with E-state index in [1.54, 1.807) is 6.92 Å². The Labute approximate surface area is 42.6 Å². The molecule has 0 unspecified atom stereocenters. The average Bonchev–Trinajstić information content (AvgIpc) is 1.68. The number of ether oxygens (including phenoxy) is 1. The van der Waals surface area contributed by atoms with Gasteiger partial charge in [0.15, 0.2) is 0 Å². The van der Waals surface area contributed by atoms with Crippen LogP contribution in [-0.2, 0) is 9.94 Å². The second-order valence-corrected chi connectivity index (χ2v) is 1.04. The van der Waals surface area contributed by atoms with Crippen LogP contribution in [0.4, 0.5) is 0 Å². The van der Waals surface area contributed by atoms with E-state index in [0.29, 0.717) is 6.61 Å². The molecular weight excluding hydrogens is 94.0 g/mol. The van der Waals surface area contributed by atoms with Crippen molar-refractivity contribution in [3.05, 3.63) is 0 Å². The van der Waals surface area contributed by atoms with E-state index >= 15 is 0 Å². The minimum Gasteiger partial charge on any atom is -0.479 e. The predicted octanol–water partition coefficient (Wildman–Crippen LogP) is 0.787. The van der Waals surface area contributed by atoms with Crippen LogP contribution in [0.2, 0.25) is 0 Å². The highest BCUT2D eigenvalue weighted by atomic mass is 16.5. The zero-order chi connectivity index (χ0) is 5.70. The van der Waals surface area contributed by atoms with Crippen molar-refractivity contribution in [2.24, 2.45) is 5.16 Å². The van der Waals surface area contributed by atoms with Gasteiger partial charge < -0.3 is 4.74 Å². The zero-order valence-electron chi connectivity index (χ0n) is 4.47. The lowest BCUT2D eigenvalue weighted by Crippen LogP contribution is -1.96. The summed E-state index contributed by atoms with van der Waals surface area (Å²) in [6, 6.07) is 0. The molecule has 0 N–H and O–H groups in total. The third-order valence-electron chi connectivity index (χ3n) is 0.482. The van der Waals surface area contributed by atoms with Crippen LogP contribution >= 0.6 is 0 Å². The van der Waals surface area contributed by atoms with Crippen molar-refractivity contribution in [1.29, 1.82) is 0 Å². The van der Waals surface area contributed by atoms with Gasteiger partial charge in [-0.25, -0.2) is 0 Å². The highest BCUT2D eigenvalue weighted by molar-refractivity contribution is 5.72. The Morgan fingerprint density at radius 3 is 2.57 bits per heavy atom. The molecule has 7 heavy (non-hydrogen) atoms. The molecule has 41 valence electrons. The molecule has 0 fully saturated rings. The molecule has 0 atom stereocenters. The molecule has 0 saturated carbocycles. The number of nitrogens with zero attached hydrogens (tertiary/aromatic N) is 1. The topological polar surface area (TPSA) is 41.5 Å². The summed E-state index contributed by atoms with van der Waals surface area (Å²) < 4.78 is 4.63. The molecule has 0 aromatic rings. The second kappa shape index (κ2) is 3.46. The number of hydrogen-bond donors (Lipinski definition) is 0. The van der Waals surface area contributed by atoms with Crippen LogP contribution in [0.25, 0.3) is 0 Å². The van der Waals surface area contributed by atoms with Crippen molar-refractivity contribution in [2.45, 2.75) is 13.8 Å². The van der Waals surface area contributed by atoms with Crippen LogP contribution in [0.5, 0.6) is 0 Å². The normalized spacial score (nSPS) is 11.4. The number of hydrogen-bond acceptors (Lipinski definition) is 2. The molecule has 0 spiro atoms. The van der Waals surface area contributed by atoms with Crippen LogP contribution in [0.3, 0.4) is 0 Å². The zero-order valence-corrected chi connectivity index (χ0v) is 4.47. The van der Waals surface area contributed by atoms with Crippen molar-refractivity contribution in [3.63, 3.8) is 0 Å². The maximum absolute atomic E-state index is 9.48. The molecule has 0 saturated heterocycles. The van der Waals surface area contributed by atoms with Gasteiger partial charge in [-0.2, -0.15) is 0 Å². The van der Waals surface area contributed by atoms with Gasteiger partial charge in [0.25, 0.3) is 0 Å². The molecule has 0 bridgehead atoms. The summed E-state index contributed by atoms with van der Waals surface area (Å²) in [6.07, 6.45) is 0. The van der Waals surface area contributed by atoms with Gasteiger partial charge in [-0.3, -0.25) is 0 Å². The second-order valence-electron chi connectivity index (χ2n) is 1.04. The summed E-state index contributed by atoms with van der Waals surface area (Å²) in [5.74, 6) is 0.197. The smallest absolute Gasteiger partial charge is 0.227 e. The average molecular weight is 102 g/mol. The minimum atomic E-state index is 0.197. The molecule has 3 nitrogen and oxygen atoms in total. The fourth-order valence-corrected chi connectivity index (χ4v) is 0.235. The van der Waals surface area contributed by atoms with Gasteiger partial charge in [-0.05, 0) is 6.92 Å². The van der Waals surface area contributed by atoms with E-state index in [1.165, 1.54) is 6.92 Å². The summed E-state index contributed by atoms with van der Waals surface area (Å²) >= 11 is 0. The maximum atomic E-state index is 9.48. The van der Waals surface area contributed by atoms with Crippen LogP contribution < -0.4 is 0 Å². The molecule has 0 aromatic carbocycles. The minimum absolute atomic E-state index is 0.197. The largest absolute Gasteiger partial charge is 0.479 e. The Kier molecular flexibility index (Phi) is 3.10. The quantitative estimate of drug-likeness (QED) is 0.274. The Morgan fingerprint density at radius 2 is 2.43 bits per heavy atom. The van der Waals surface area contributed by atoms with Gasteiger partial charge in [0.1, 0.15) is 0 Å². The summed E-state index contributed by atoms with van der Waals surface area (Å²) in [4.78, 5) is 0. The van der Waals surface area contributed by atoms with E-state index in [0.717, 1.165) is 0 Å². The monoisotopic (exact) mass is 102 g/mol. The van der Waals surface area contributed by atoms with Crippen molar-refractivity contribution in [1.82, 2.24) is 0 Å². The van der Waals surface area contributed by atoms with Crippen molar-refractivity contribution in [2.75, 3.05) is 6.61 Å². The lowest BCUT2D eigenvalue weighted by molar-refractivity contribution is 0.186. The van der Waals surface area contributed by atoms with Crippen LogP contribution in [0.15, 0.2) is 5.16 Å². The van der Waals surface area contributed by atoms with E-state index in [1.807, 2.05) is 0 Å². The van der Waals surface area contributed by atoms with E-state index < -0.39 is 0 Å². The highest BCUT2D eigenvalue weighted by Gasteiger charge is 1.83. The Balaban J connectivity index is 3.17. The third kappa shape index (κ3) is 3.09. The molecule has 1 radical (unpaired) electrons. The van der Waals surface area contributed by atoms with E-state index in [9.17, 15) is 5.21 Å². The Morgan fingerprint density at radius 1 is 1.86 bits per heavy atom. The SMILES string of the molecule is CCOC(C)=N[O]. The van der Waals surface area contributed by atoms with E-state index in [-0.39, 0.29) is 5.90 Å². The first-order valence-corrected chi connectivity index (χ1v) is 2.11. The van der Waals surface area contributed by atoms with Gasteiger partial charge in [0.05, 0.1) is 6.61 Å². The van der Waals surface area contributed by atoms with Crippen LogP contribution in [0, 0.1) is 0 Å². The van der Waals surface area contributed by atoms with Gasteiger partial charge >= 0.3 is 0 Å². The fraction of sp³-hybridized carbons (Fsp3) is 0.750. The van der Waals surface area contributed by atoms with Gasteiger partial charge in [-0.1, -0.05) is 0 Å². The summed E-state index contributed by atoms with van der Waals surface area (Å²) in [7, 11) is 0. The fourth-order valence-electron chi connectivity index (χ4n) is 0.235. The van der Waals surface area contributed by atoms with Crippen molar-refractivity contribution >= 4 is 5.90 Å². The van der Waals surface area contributed by atoms with Gasteiger partial charge in [0, 0.05) is 12.1 Å². The summed E-state index contributed by atoms with van der Waals surface area (Å²) in [6.45, 7) is 3.84. The summed E-state index contributed by atoms with van der Waals surface area (Å²) in [5.41, 5.74) is 0. The molecule has 0 heterocycles. The van der Waals surface area contributed by atoms with Gasteiger partial charge in [-0.15, -0.1) is 5.21 Å². The highest BCUT2D eigenvalue weighted by Crippen LogP contribution is 1.76. The Bertz CT molecular complexity index is 70.1. The van der Waals surface area contributed by atoms with E-state index in [4.69, 9.17) is 0 Å². The molecule has 0 rings (SSSR count). The summed E-state index contributed by atoms with van der Waals surface area (Å²) in [5, 5.41) is 12.0. The number of rotatable bonds is 1. The van der Waals surface area contributed by atoms with Gasteiger partial charge in [0.2, 0.25) is 5.90 Å². The predicted molar refractivity (Wildman–Crippen MR) is 25.4 cm³/mol. The first-order chi connectivity index (χ1) is 3.31. The van der Waals surface area contributed by atoms with E-state index in [2.05, 4.69) is 9.89 Å². The molecule has 0 aliphatic carbocycles. The molecule has 0 aliphatic heterocycles. The first kappa shape index (κ1) is 6.27. The van der Waals surface area contributed by atoms with Crippen LogP contribution in [0.1, 0.15) is 13.8 Å². The molecule has 0 amide bonds.